The smallest absolute Gasteiger partial charge is 0.303 e. The minimum absolute atomic E-state index is 0.0395. The van der Waals surface area contributed by atoms with Crippen LogP contribution in [0.3, 0.4) is 0 Å². The average Bonchev–Trinajstić information content (AvgIpc) is 3.60. The number of nitrogens with one attached hydrogen (secondary N) is 2. The van der Waals surface area contributed by atoms with E-state index < -0.39 is 83.9 Å². The van der Waals surface area contributed by atoms with Gasteiger partial charge in [-0.2, -0.15) is 29.8 Å². The number of thiophene rings is 1. The number of carbonyl (C=O) groups is 3. The molecule has 3 aromatic rings. The van der Waals surface area contributed by atoms with E-state index >= 15 is 0 Å². The van der Waals surface area contributed by atoms with E-state index in [-0.39, 0.29) is 24.2 Å². The highest BCUT2D eigenvalue weighted by molar-refractivity contribution is 7.86. The molecule has 21 heteroatoms. The summed E-state index contributed by atoms with van der Waals surface area (Å²) in [4.78, 5) is 41.6. The first-order chi connectivity index (χ1) is 24.6. The van der Waals surface area contributed by atoms with Gasteiger partial charge in [0.05, 0.1) is 28.1 Å². The first kappa shape index (κ1) is 41.9. The summed E-state index contributed by atoms with van der Waals surface area (Å²) in [5.74, 6) is -4.68. The maximum absolute atomic E-state index is 13.2. The number of benzene rings is 1. The highest BCUT2D eigenvalue weighted by atomic mass is 32.2. The van der Waals surface area contributed by atoms with Crippen LogP contribution in [-0.2, 0) is 40.6 Å². The third-order valence-electron chi connectivity index (χ3n) is 9.02. The molecule has 1 aromatic carbocycles. The number of carboxylic acids is 1. The van der Waals surface area contributed by atoms with Crippen molar-refractivity contribution in [1.82, 2.24) is 15.6 Å². The van der Waals surface area contributed by atoms with Crippen LogP contribution in [0.2, 0.25) is 0 Å². The van der Waals surface area contributed by atoms with Gasteiger partial charge in [0.15, 0.2) is 5.71 Å². The average molecular weight is 818 g/mol. The summed E-state index contributed by atoms with van der Waals surface area (Å²) < 4.78 is 98.8. The highest BCUT2D eigenvalue weighted by Gasteiger charge is 2.47. The normalized spacial score (nSPS) is 16.2. The van der Waals surface area contributed by atoms with Gasteiger partial charge in [-0.1, -0.05) is 0 Å². The van der Waals surface area contributed by atoms with Crippen molar-refractivity contribution in [2.24, 2.45) is 0 Å². The minimum atomic E-state index is -4.41. The molecule has 0 aliphatic carbocycles. The second-order valence-electron chi connectivity index (χ2n) is 12.9. The Hall–Kier alpha value is -3.86. The quantitative estimate of drug-likeness (QED) is 0.0577. The number of hydrogen-bond donors (Lipinski definition) is 6. The number of aliphatic carboxylic acids is 1. The van der Waals surface area contributed by atoms with Crippen LogP contribution >= 0.6 is 11.3 Å². The number of pyridine rings is 1. The van der Waals surface area contributed by atoms with Gasteiger partial charge in [0.2, 0.25) is 5.69 Å². The van der Waals surface area contributed by atoms with Gasteiger partial charge in [-0.25, -0.2) is 4.98 Å². The number of rotatable bonds is 19. The van der Waals surface area contributed by atoms with Crippen LogP contribution in [-0.4, -0.2) is 114 Å². The standard InChI is InChI=1S/C32H40N4O13S4/c1-20-32(2,9-6-14-51(41,42)43)24-19-23(29-22(8-13-50-29)28(24)36(20)12-5-3-4-7-27(37)38)21-17-25(30(39)33-10-15-52(44,45)46)35-26(18-21)31(40)34-11-16-53(47,48)49/h8,13,17-19H,3-7,9-12,14-16H2,1-2H3,(H5-,33,34,37,38,39,40,41,42,43,44,45,46,47,48,49)/p+1. The molecule has 6 N–H and O–H groups in total. The molecule has 0 saturated carbocycles. The third-order valence-corrected chi connectivity index (χ3v) is 12.2. The zero-order chi connectivity index (χ0) is 39.4. The Bertz CT molecular complexity index is 2220. The van der Waals surface area contributed by atoms with E-state index in [0.29, 0.717) is 43.4 Å². The Labute approximate surface area is 310 Å². The molecule has 2 amide bonds. The van der Waals surface area contributed by atoms with Crippen molar-refractivity contribution in [3.63, 3.8) is 0 Å². The zero-order valence-electron chi connectivity index (χ0n) is 28.9. The number of unbranched alkanes of at least 4 members (excludes halogenated alkanes) is 2. The van der Waals surface area contributed by atoms with Crippen molar-refractivity contribution >= 4 is 81.0 Å². The second-order valence-corrected chi connectivity index (χ2v) is 18.5. The van der Waals surface area contributed by atoms with E-state index in [1.165, 1.54) is 23.5 Å². The zero-order valence-corrected chi connectivity index (χ0v) is 32.1. The van der Waals surface area contributed by atoms with Crippen molar-refractivity contribution in [3.05, 3.63) is 46.6 Å². The molecule has 17 nitrogen and oxygen atoms in total. The first-order valence-electron chi connectivity index (χ1n) is 16.4. The van der Waals surface area contributed by atoms with Crippen molar-refractivity contribution in [1.29, 1.82) is 0 Å². The molecule has 53 heavy (non-hydrogen) atoms. The molecule has 1 atom stereocenters. The van der Waals surface area contributed by atoms with Crippen LogP contribution in [0.1, 0.15) is 78.9 Å². The van der Waals surface area contributed by atoms with Crippen LogP contribution in [0.25, 0.3) is 21.2 Å². The minimum Gasteiger partial charge on any atom is -0.481 e. The third kappa shape index (κ3) is 11.1. The molecule has 0 radical (unpaired) electrons. The fourth-order valence-electron chi connectivity index (χ4n) is 6.33. The number of carbonyl (C=O) groups excluding carboxylic acids is 2. The van der Waals surface area contributed by atoms with Gasteiger partial charge in [-0.05, 0) is 67.8 Å². The molecule has 290 valence electrons. The molecule has 4 rings (SSSR count). The predicted octanol–water partition coefficient (Wildman–Crippen LogP) is 2.89. The topological polar surface area (TPSA) is 275 Å². The van der Waals surface area contributed by atoms with Crippen molar-refractivity contribution in [2.45, 2.75) is 57.8 Å². The largest absolute Gasteiger partial charge is 0.481 e. The van der Waals surface area contributed by atoms with Gasteiger partial charge in [-0.15, -0.1) is 11.3 Å². The van der Waals surface area contributed by atoms with E-state index in [4.69, 9.17) is 14.2 Å². The van der Waals surface area contributed by atoms with E-state index in [9.17, 15) is 44.2 Å². The highest BCUT2D eigenvalue weighted by Crippen LogP contribution is 2.50. The molecule has 0 spiro atoms. The molecule has 0 saturated heterocycles. The summed E-state index contributed by atoms with van der Waals surface area (Å²) in [6.07, 6.45) is 2.28. The Morgan fingerprint density at radius 3 is 1.92 bits per heavy atom. The molecule has 3 heterocycles. The molecule has 1 unspecified atom stereocenters. The number of amides is 2. The van der Waals surface area contributed by atoms with Gasteiger partial charge in [0.25, 0.3) is 42.2 Å². The van der Waals surface area contributed by atoms with Crippen LogP contribution in [0.15, 0.2) is 29.6 Å². The summed E-state index contributed by atoms with van der Waals surface area (Å²) in [7, 11) is -13.1. The van der Waals surface area contributed by atoms with Gasteiger partial charge in [-0.3, -0.25) is 28.0 Å². The van der Waals surface area contributed by atoms with Gasteiger partial charge >= 0.3 is 5.97 Å². The SMILES string of the molecule is CC1=[N+](CCCCCC(=O)O)c2c(cc(-c3cc(C(=O)NCCS(=O)(=O)O)nc(C(=O)NCCS(=O)(=O)O)c3)c3sccc23)C1(C)CCCS(=O)(=O)O. The van der Waals surface area contributed by atoms with E-state index in [1.807, 2.05) is 31.4 Å². The predicted molar refractivity (Wildman–Crippen MR) is 197 cm³/mol. The summed E-state index contributed by atoms with van der Waals surface area (Å²) in [5, 5.41) is 16.4. The lowest BCUT2D eigenvalue weighted by Crippen LogP contribution is -2.32. The first-order valence-corrected chi connectivity index (χ1v) is 22.1. The number of nitrogens with zero attached hydrogens (tertiary/aromatic N) is 2. The molecule has 0 fully saturated rings. The molecule has 1 aliphatic heterocycles. The summed E-state index contributed by atoms with van der Waals surface area (Å²) in [6.45, 7) is 3.46. The maximum Gasteiger partial charge on any atom is 0.303 e. The molecule has 2 aromatic heterocycles. The fourth-order valence-corrected chi connectivity index (χ4v) is 8.49. The Morgan fingerprint density at radius 2 is 1.40 bits per heavy atom. The summed E-state index contributed by atoms with van der Waals surface area (Å²) in [6, 6.07) is 6.56. The van der Waals surface area contributed by atoms with Crippen molar-refractivity contribution in [3.8, 4) is 11.1 Å². The fraction of sp³-hybridized carbons (Fsp3) is 0.469. The van der Waals surface area contributed by atoms with Crippen LogP contribution in [0.4, 0.5) is 5.69 Å². The van der Waals surface area contributed by atoms with E-state index in [1.54, 1.807) is 0 Å². The second kappa shape index (κ2) is 16.7. The van der Waals surface area contributed by atoms with Gasteiger partial charge in [0.1, 0.15) is 17.9 Å². The lowest BCUT2D eigenvalue weighted by atomic mass is 9.75. The van der Waals surface area contributed by atoms with Crippen molar-refractivity contribution < 1.29 is 63.0 Å². The van der Waals surface area contributed by atoms with Crippen LogP contribution in [0, 0.1) is 0 Å². The lowest BCUT2D eigenvalue weighted by molar-refractivity contribution is -0.438. The molecule has 1 aliphatic rings. The Balaban J connectivity index is 1.86. The van der Waals surface area contributed by atoms with Crippen molar-refractivity contribution in [2.75, 3.05) is 36.9 Å². The number of hydrogen-bond acceptors (Lipinski definition) is 11. The molecular weight excluding hydrogens is 777 g/mol. The van der Waals surface area contributed by atoms with Crippen LogP contribution in [0.5, 0.6) is 0 Å². The van der Waals surface area contributed by atoms with E-state index in [0.717, 1.165) is 27.0 Å². The number of aromatic nitrogens is 1. The summed E-state index contributed by atoms with van der Waals surface area (Å²) in [5.41, 5.74) is 2.09. The van der Waals surface area contributed by atoms with Gasteiger partial charge < -0.3 is 15.7 Å². The molecule has 0 bridgehead atoms. The monoisotopic (exact) mass is 817 g/mol. The number of carboxylic acid groups (broad SMARTS) is 1. The lowest BCUT2D eigenvalue weighted by Gasteiger charge is -2.23. The van der Waals surface area contributed by atoms with Gasteiger partial charge in [0, 0.05) is 48.7 Å². The summed E-state index contributed by atoms with van der Waals surface area (Å²) >= 11 is 1.37. The number of fused-ring (bicyclic) bond motifs is 3. The maximum atomic E-state index is 13.2. The molecular formula is C32H41N4O13S4+. The van der Waals surface area contributed by atoms with Crippen LogP contribution < -0.4 is 10.6 Å². The Morgan fingerprint density at radius 1 is 0.830 bits per heavy atom. The van der Waals surface area contributed by atoms with E-state index in [2.05, 4.69) is 20.2 Å². The Kier molecular flexibility index (Phi) is 13.2.